The fraction of sp³-hybridized carbons (Fsp3) is 0.200. The fourth-order valence-electron chi connectivity index (χ4n) is 2.41. The van der Waals surface area contributed by atoms with E-state index in [-0.39, 0.29) is 16.9 Å². The summed E-state index contributed by atoms with van der Waals surface area (Å²) in [6.45, 7) is 2.02. The molecule has 2 aromatic rings. The maximum atomic E-state index is 13.5. The van der Waals surface area contributed by atoms with Crippen LogP contribution in [0.25, 0.3) is 11.1 Å². The fourth-order valence-corrected chi connectivity index (χ4v) is 2.62. The lowest BCUT2D eigenvalue weighted by Gasteiger charge is -2.09. The molecular weight excluding hydrogens is 265 g/mol. The number of anilines is 1. The molecule has 0 saturated heterocycles. The Bertz CT molecular complexity index is 657. The molecule has 19 heavy (non-hydrogen) atoms. The number of halogens is 2. The van der Waals surface area contributed by atoms with Gasteiger partial charge >= 0.3 is 0 Å². The monoisotopic (exact) mass is 277 g/mol. The molecule has 1 atom stereocenters. The van der Waals surface area contributed by atoms with Crippen LogP contribution in [-0.2, 0) is 6.42 Å². The summed E-state index contributed by atoms with van der Waals surface area (Å²) in [6.07, 6.45) is 1.03. The summed E-state index contributed by atoms with van der Waals surface area (Å²) in [5, 5.41) is 0.236. The van der Waals surface area contributed by atoms with Crippen LogP contribution in [0.2, 0.25) is 5.02 Å². The van der Waals surface area contributed by atoms with E-state index in [0.717, 1.165) is 23.3 Å². The predicted octanol–water partition coefficient (Wildman–Crippen LogP) is 4.05. The van der Waals surface area contributed by atoms with Crippen molar-refractivity contribution in [3.63, 3.8) is 0 Å². The standard InChI is InChI=1S/C15H13ClFNO/c1-8-4-10-5-9(2-3-14(10)19-8)12-6-11(17)7-13(16)15(12)18/h2-3,5-8H,4,18H2,1H3. The Kier molecular flexibility index (Phi) is 2.86. The molecule has 0 amide bonds. The van der Waals surface area contributed by atoms with Crippen LogP contribution < -0.4 is 10.5 Å². The van der Waals surface area contributed by atoms with Crippen LogP contribution in [0.15, 0.2) is 30.3 Å². The van der Waals surface area contributed by atoms with E-state index >= 15 is 0 Å². The highest BCUT2D eigenvalue weighted by atomic mass is 35.5. The summed E-state index contributed by atoms with van der Waals surface area (Å²) >= 11 is 5.92. The molecule has 0 spiro atoms. The summed E-state index contributed by atoms with van der Waals surface area (Å²) < 4.78 is 19.1. The number of hydrogen-bond acceptors (Lipinski definition) is 2. The molecule has 0 aliphatic carbocycles. The highest BCUT2D eigenvalue weighted by Crippen LogP contribution is 2.37. The molecule has 2 aromatic carbocycles. The van der Waals surface area contributed by atoms with Gasteiger partial charge in [0.1, 0.15) is 17.7 Å². The van der Waals surface area contributed by atoms with Crippen LogP contribution in [0, 0.1) is 5.82 Å². The van der Waals surface area contributed by atoms with E-state index in [1.54, 1.807) is 0 Å². The predicted molar refractivity (Wildman–Crippen MR) is 75.1 cm³/mol. The normalized spacial score (nSPS) is 17.1. The summed E-state index contributed by atoms with van der Waals surface area (Å²) in [5.41, 5.74) is 8.91. The molecular formula is C15H13ClFNO. The van der Waals surface area contributed by atoms with Gasteiger partial charge in [0.25, 0.3) is 0 Å². The van der Waals surface area contributed by atoms with Gasteiger partial charge in [-0.1, -0.05) is 17.7 Å². The van der Waals surface area contributed by atoms with Crippen LogP contribution in [0.3, 0.4) is 0 Å². The number of ether oxygens (including phenoxy) is 1. The molecule has 2 nitrogen and oxygen atoms in total. The second-order valence-electron chi connectivity index (χ2n) is 4.80. The van der Waals surface area contributed by atoms with Crippen molar-refractivity contribution >= 4 is 17.3 Å². The summed E-state index contributed by atoms with van der Waals surface area (Å²) in [4.78, 5) is 0. The maximum absolute atomic E-state index is 13.5. The lowest BCUT2D eigenvalue weighted by molar-refractivity contribution is 0.254. The van der Waals surface area contributed by atoms with Crippen molar-refractivity contribution in [2.45, 2.75) is 19.4 Å². The highest BCUT2D eigenvalue weighted by Gasteiger charge is 2.20. The topological polar surface area (TPSA) is 35.2 Å². The van der Waals surface area contributed by atoms with Crippen molar-refractivity contribution in [2.75, 3.05) is 5.73 Å². The Labute approximate surface area is 115 Å². The third kappa shape index (κ3) is 2.15. The first-order valence-electron chi connectivity index (χ1n) is 6.09. The van der Waals surface area contributed by atoms with Crippen molar-refractivity contribution in [3.8, 4) is 16.9 Å². The first-order chi connectivity index (χ1) is 9.04. The second-order valence-corrected chi connectivity index (χ2v) is 5.21. The van der Waals surface area contributed by atoms with Gasteiger partial charge in [-0.25, -0.2) is 4.39 Å². The van der Waals surface area contributed by atoms with Crippen molar-refractivity contribution in [2.24, 2.45) is 0 Å². The summed E-state index contributed by atoms with van der Waals surface area (Å²) in [5.74, 6) is 0.497. The molecule has 0 saturated carbocycles. The van der Waals surface area contributed by atoms with E-state index in [1.807, 2.05) is 25.1 Å². The molecule has 1 aliphatic heterocycles. The number of nitrogen functional groups attached to an aromatic ring is 1. The number of nitrogens with two attached hydrogens (primary N) is 1. The third-order valence-electron chi connectivity index (χ3n) is 3.30. The van der Waals surface area contributed by atoms with Crippen molar-refractivity contribution in [1.82, 2.24) is 0 Å². The third-order valence-corrected chi connectivity index (χ3v) is 3.61. The van der Waals surface area contributed by atoms with Gasteiger partial charge in [-0.15, -0.1) is 0 Å². The van der Waals surface area contributed by atoms with Crippen molar-refractivity contribution < 1.29 is 9.13 Å². The van der Waals surface area contributed by atoms with Gasteiger partial charge in [0.05, 0.1) is 10.7 Å². The van der Waals surface area contributed by atoms with E-state index < -0.39 is 0 Å². The summed E-state index contributed by atoms with van der Waals surface area (Å²) in [7, 11) is 0. The second kappa shape index (κ2) is 4.42. The van der Waals surface area contributed by atoms with E-state index in [4.69, 9.17) is 22.1 Å². The lowest BCUT2D eigenvalue weighted by atomic mass is 9.99. The first kappa shape index (κ1) is 12.3. The number of benzene rings is 2. The van der Waals surface area contributed by atoms with E-state index in [2.05, 4.69) is 0 Å². The van der Waals surface area contributed by atoms with Crippen LogP contribution in [0.5, 0.6) is 5.75 Å². The van der Waals surface area contributed by atoms with Crippen LogP contribution in [0.1, 0.15) is 12.5 Å². The van der Waals surface area contributed by atoms with Gasteiger partial charge in [-0.3, -0.25) is 0 Å². The molecule has 0 aromatic heterocycles. The van der Waals surface area contributed by atoms with Crippen molar-refractivity contribution in [3.05, 3.63) is 46.7 Å². The van der Waals surface area contributed by atoms with Gasteiger partial charge in [0.15, 0.2) is 0 Å². The molecule has 98 valence electrons. The molecule has 1 unspecified atom stereocenters. The highest BCUT2D eigenvalue weighted by molar-refractivity contribution is 6.33. The minimum Gasteiger partial charge on any atom is -0.490 e. The number of rotatable bonds is 1. The molecule has 0 bridgehead atoms. The van der Waals surface area contributed by atoms with Crippen LogP contribution in [0.4, 0.5) is 10.1 Å². The van der Waals surface area contributed by atoms with Crippen LogP contribution >= 0.6 is 11.6 Å². The Morgan fingerprint density at radius 3 is 2.89 bits per heavy atom. The molecule has 1 aliphatic rings. The zero-order valence-electron chi connectivity index (χ0n) is 10.4. The summed E-state index contributed by atoms with van der Waals surface area (Å²) in [6, 6.07) is 8.38. The number of fused-ring (bicyclic) bond motifs is 1. The van der Waals surface area contributed by atoms with Crippen molar-refractivity contribution in [1.29, 1.82) is 0 Å². The van der Waals surface area contributed by atoms with Crippen LogP contribution in [-0.4, -0.2) is 6.10 Å². The van der Waals surface area contributed by atoms with E-state index in [0.29, 0.717) is 11.3 Å². The molecule has 3 rings (SSSR count). The molecule has 0 fully saturated rings. The maximum Gasteiger partial charge on any atom is 0.125 e. The smallest absolute Gasteiger partial charge is 0.125 e. The lowest BCUT2D eigenvalue weighted by Crippen LogP contribution is -2.05. The average Bonchev–Trinajstić information content (AvgIpc) is 2.72. The van der Waals surface area contributed by atoms with Gasteiger partial charge in [-0.05, 0) is 42.3 Å². The van der Waals surface area contributed by atoms with Gasteiger partial charge in [-0.2, -0.15) is 0 Å². The molecule has 1 heterocycles. The van der Waals surface area contributed by atoms with Gasteiger partial charge in [0.2, 0.25) is 0 Å². The van der Waals surface area contributed by atoms with E-state index in [9.17, 15) is 4.39 Å². The Balaban J connectivity index is 2.11. The Morgan fingerprint density at radius 1 is 1.32 bits per heavy atom. The Hall–Kier alpha value is -1.74. The molecule has 2 N–H and O–H groups in total. The largest absolute Gasteiger partial charge is 0.490 e. The van der Waals surface area contributed by atoms with Gasteiger partial charge in [0, 0.05) is 12.0 Å². The van der Waals surface area contributed by atoms with Gasteiger partial charge < -0.3 is 10.5 Å². The quantitative estimate of drug-likeness (QED) is 0.798. The van der Waals surface area contributed by atoms with E-state index in [1.165, 1.54) is 12.1 Å². The zero-order chi connectivity index (χ0) is 13.6. The molecule has 0 radical (unpaired) electrons. The number of hydrogen-bond donors (Lipinski definition) is 1. The molecule has 4 heteroatoms. The minimum atomic E-state index is -0.390. The Morgan fingerprint density at radius 2 is 2.11 bits per heavy atom. The zero-order valence-corrected chi connectivity index (χ0v) is 11.2. The SMILES string of the molecule is CC1Cc2cc(-c3cc(F)cc(Cl)c3N)ccc2O1. The average molecular weight is 278 g/mol. The minimum absolute atomic E-state index is 0.179. The first-order valence-corrected chi connectivity index (χ1v) is 6.47.